The molecular formula is C20H20N4O. The fourth-order valence-corrected chi connectivity index (χ4v) is 2.47. The van der Waals surface area contributed by atoms with Gasteiger partial charge in [0.25, 0.3) is 5.91 Å². The molecule has 0 fully saturated rings. The Morgan fingerprint density at radius 2 is 1.68 bits per heavy atom. The second kappa shape index (κ2) is 7.57. The maximum atomic E-state index is 12.4. The second-order valence-corrected chi connectivity index (χ2v) is 5.79. The van der Waals surface area contributed by atoms with E-state index in [9.17, 15) is 4.79 Å². The van der Waals surface area contributed by atoms with Crippen LogP contribution in [0.1, 0.15) is 27.4 Å². The molecule has 2 aromatic carbocycles. The van der Waals surface area contributed by atoms with E-state index in [0.29, 0.717) is 23.9 Å². The highest BCUT2D eigenvalue weighted by Gasteiger charge is 2.11. The monoisotopic (exact) mass is 332 g/mol. The van der Waals surface area contributed by atoms with E-state index in [1.165, 1.54) is 0 Å². The molecule has 25 heavy (non-hydrogen) atoms. The van der Waals surface area contributed by atoms with E-state index < -0.39 is 0 Å². The van der Waals surface area contributed by atoms with Crippen LogP contribution in [0.4, 0.5) is 11.5 Å². The minimum atomic E-state index is -0.220. The first kappa shape index (κ1) is 16.6. The third-order valence-corrected chi connectivity index (χ3v) is 3.77. The van der Waals surface area contributed by atoms with Gasteiger partial charge >= 0.3 is 0 Å². The Bertz CT molecular complexity index is 878. The highest BCUT2D eigenvalue weighted by molar-refractivity contribution is 5.93. The molecule has 0 spiro atoms. The highest BCUT2D eigenvalue weighted by Crippen LogP contribution is 2.19. The first-order valence-electron chi connectivity index (χ1n) is 8.12. The quantitative estimate of drug-likeness (QED) is 0.746. The fraction of sp³-hybridized carbons (Fsp3) is 0.150. The van der Waals surface area contributed by atoms with Gasteiger partial charge in [-0.05, 0) is 31.0 Å². The maximum absolute atomic E-state index is 12.4. The second-order valence-electron chi connectivity index (χ2n) is 5.79. The number of nitrogens with one attached hydrogen (secondary N) is 2. The van der Waals surface area contributed by atoms with Crippen molar-refractivity contribution < 1.29 is 4.79 Å². The molecule has 1 aromatic heterocycles. The summed E-state index contributed by atoms with van der Waals surface area (Å²) in [4.78, 5) is 21.0. The molecule has 1 heterocycles. The molecule has 0 radical (unpaired) electrons. The van der Waals surface area contributed by atoms with Gasteiger partial charge in [0, 0.05) is 18.3 Å². The van der Waals surface area contributed by atoms with Gasteiger partial charge < -0.3 is 10.6 Å². The van der Waals surface area contributed by atoms with Crippen LogP contribution in [0.3, 0.4) is 0 Å². The lowest BCUT2D eigenvalue weighted by Gasteiger charge is -2.11. The number of aromatic nitrogens is 2. The molecule has 0 unspecified atom stereocenters. The number of nitrogens with zero attached hydrogens (tertiary/aromatic N) is 2. The van der Waals surface area contributed by atoms with Crippen LogP contribution in [-0.2, 0) is 6.54 Å². The van der Waals surface area contributed by atoms with Gasteiger partial charge in [-0.1, -0.05) is 48.5 Å². The molecule has 2 N–H and O–H groups in total. The van der Waals surface area contributed by atoms with E-state index >= 15 is 0 Å². The minimum absolute atomic E-state index is 0.220. The molecule has 3 aromatic rings. The van der Waals surface area contributed by atoms with Gasteiger partial charge in [0.05, 0.1) is 0 Å². The molecule has 0 bridgehead atoms. The first-order chi connectivity index (χ1) is 12.1. The van der Waals surface area contributed by atoms with E-state index in [-0.39, 0.29) is 5.91 Å². The molecule has 0 aliphatic rings. The Morgan fingerprint density at radius 3 is 2.44 bits per heavy atom. The van der Waals surface area contributed by atoms with Gasteiger partial charge in [0.1, 0.15) is 17.3 Å². The summed E-state index contributed by atoms with van der Waals surface area (Å²) in [5.74, 6) is 0.928. The number of anilines is 2. The van der Waals surface area contributed by atoms with Crippen LogP contribution in [0.15, 0.2) is 60.7 Å². The number of para-hydroxylation sites is 1. The summed E-state index contributed by atoms with van der Waals surface area (Å²) in [5.41, 5.74) is 3.45. The molecule has 0 aliphatic heterocycles. The molecule has 3 rings (SSSR count). The average molecular weight is 332 g/mol. The van der Waals surface area contributed by atoms with Crippen molar-refractivity contribution in [1.29, 1.82) is 0 Å². The maximum Gasteiger partial charge on any atom is 0.270 e. The van der Waals surface area contributed by atoms with Crippen LogP contribution in [0.2, 0.25) is 0 Å². The number of hydrogen-bond donors (Lipinski definition) is 2. The summed E-state index contributed by atoms with van der Waals surface area (Å²) in [6.45, 7) is 4.25. The van der Waals surface area contributed by atoms with Crippen molar-refractivity contribution in [2.45, 2.75) is 20.4 Å². The van der Waals surface area contributed by atoms with Crippen LogP contribution in [0, 0.1) is 13.8 Å². The average Bonchev–Trinajstić information content (AvgIpc) is 2.62. The molecule has 0 saturated carbocycles. The van der Waals surface area contributed by atoms with Crippen LogP contribution in [0.25, 0.3) is 0 Å². The lowest BCUT2D eigenvalue weighted by Crippen LogP contribution is -2.24. The summed E-state index contributed by atoms with van der Waals surface area (Å²) in [5, 5.41) is 6.14. The molecule has 0 saturated heterocycles. The van der Waals surface area contributed by atoms with Crippen molar-refractivity contribution in [3.05, 3.63) is 83.3 Å². The predicted molar refractivity (Wildman–Crippen MR) is 98.8 cm³/mol. The standard InChI is InChI=1S/C20H20N4O/c1-14-8-6-7-11-17(14)24-19-12-18(22-15(2)23-19)20(25)21-13-16-9-4-3-5-10-16/h3-12H,13H2,1-2H3,(H,21,25)(H,22,23,24). The molecular weight excluding hydrogens is 312 g/mol. The number of amides is 1. The summed E-state index contributed by atoms with van der Waals surface area (Å²) >= 11 is 0. The van der Waals surface area contributed by atoms with Crippen LogP contribution in [0.5, 0.6) is 0 Å². The van der Waals surface area contributed by atoms with Gasteiger partial charge in [-0.2, -0.15) is 0 Å². The third kappa shape index (κ3) is 4.41. The Kier molecular flexibility index (Phi) is 5.04. The fourth-order valence-electron chi connectivity index (χ4n) is 2.47. The predicted octanol–water partition coefficient (Wildman–Crippen LogP) is 3.77. The zero-order valence-corrected chi connectivity index (χ0v) is 14.3. The van der Waals surface area contributed by atoms with E-state index in [1.807, 2.05) is 61.5 Å². The normalized spacial score (nSPS) is 10.3. The number of carbonyl (C=O) groups excluding carboxylic acids is 1. The summed E-state index contributed by atoms with van der Waals surface area (Å²) in [6, 6.07) is 19.4. The number of carbonyl (C=O) groups is 1. The van der Waals surface area contributed by atoms with Crippen molar-refractivity contribution in [3.8, 4) is 0 Å². The molecule has 5 nitrogen and oxygen atoms in total. The van der Waals surface area contributed by atoms with Crippen molar-refractivity contribution in [2.24, 2.45) is 0 Å². The SMILES string of the molecule is Cc1nc(Nc2ccccc2C)cc(C(=O)NCc2ccccc2)n1. The molecule has 0 atom stereocenters. The Labute approximate surface area is 147 Å². The van der Waals surface area contributed by atoms with Crippen LogP contribution >= 0.6 is 0 Å². The topological polar surface area (TPSA) is 66.9 Å². The Balaban J connectivity index is 1.74. The van der Waals surface area contributed by atoms with Gasteiger partial charge in [0.2, 0.25) is 0 Å². The number of rotatable bonds is 5. The summed E-state index contributed by atoms with van der Waals surface area (Å²) < 4.78 is 0. The van der Waals surface area contributed by atoms with E-state index in [2.05, 4.69) is 20.6 Å². The van der Waals surface area contributed by atoms with Gasteiger partial charge in [0.15, 0.2) is 0 Å². The lowest BCUT2D eigenvalue weighted by molar-refractivity contribution is 0.0945. The Hall–Kier alpha value is -3.21. The van der Waals surface area contributed by atoms with Gasteiger partial charge in [-0.15, -0.1) is 0 Å². The van der Waals surface area contributed by atoms with E-state index in [0.717, 1.165) is 16.8 Å². The molecule has 0 aliphatic carbocycles. The molecule has 126 valence electrons. The highest BCUT2D eigenvalue weighted by atomic mass is 16.1. The van der Waals surface area contributed by atoms with Crippen molar-refractivity contribution in [3.63, 3.8) is 0 Å². The van der Waals surface area contributed by atoms with Crippen LogP contribution < -0.4 is 10.6 Å². The van der Waals surface area contributed by atoms with Gasteiger partial charge in [-0.3, -0.25) is 4.79 Å². The number of aryl methyl sites for hydroxylation is 2. The van der Waals surface area contributed by atoms with Crippen LogP contribution in [-0.4, -0.2) is 15.9 Å². The summed E-state index contributed by atoms with van der Waals surface area (Å²) in [6.07, 6.45) is 0. The number of hydrogen-bond acceptors (Lipinski definition) is 4. The van der Waals surface area contributed by atoms with E-state index in [4.69, 9.17) is 0 Å². The minimum Gasteiger partial charge on any atom is -0.347 e. The van der Waals surface area contributed by atoms with Crippen molar-refractivity contribution >= 4 is 17.4 Å². The molecule has 1 amide bonds. The number of benzene rings is 2. The Morgan fingerprint density at radius 1 is 0.960 bits per heavy atom. The smallest absolute Gasteiger partial charge is 0.270 e. The van der Waals surface area contributed by atoms with Gasteiger partial charge in [-0.25, -0.2) is 9.97 Å². The largest absolute Gasteiger partial charge is 0.347 e. The first-order valence-corrected chi connectivity index (χ1v) is 8.12. The lowest BCUT2D eigenvalue weighted by atomic mass is 10.2. The third-order valence-electron chi connectivity index (χ3n) is 3.77. The summed E-state index contributed by atoms with van der Waals surface area (Å²) in [7, 11) is 0. The zero-order valence-electron chi connectivity index (χ0n) is 14.3. The van der Waals surface area contributed by atoms with Crippen molar-refractivity contribution in [1.82, 2.24) is 15.3 Å². The van der Waals surface area contributed by atoms with E-state index in [1.54, 1.807) is 13.0 Å². The van der Waals surface area contributed by atoms with Crippen molar-refractivity contribution in [2.75, 3.05) is 5.32 Å². The zero-order chi connectivity index (χ0) is 17.6. The molecule has 5 heteroatoms.